The number of pyridine rings is 1. The zero-order valence-electron chi connectivity index (χ0n) is 10.5. The van der Waals surface area contributed by atoms with Gasteiger partial charge in [-0.05, 0) is 32.9 Å². The van der Waals surface area contributed by atoms with Crippen LogP contribution in [-0.2, 0) is 0 Å². The summed E-state index contributed by atoms with van der Waals surface area (Å²) in [7, 11) is 0. The number of rotatable bonds is 3. The second-order valence-corrected chi connectivity index (χ2v) is 4.37. The van der Waals surface area contributed by atoms with Crippen LogP contribution in [0.4, 0.5) is 5.69 Å². The van der Waals surface area contributed by atoms with Gasteiger partial charge in [-0.1, -0.05) is 6.07 Å². The fourth-order valence-electron chi connectivity index (χ4n) is 1.88. The van der Waals surface area contributed by atoms with Gasteiger partial charge in [0.2, 0.25) is 5.88 Å². The number of benzene rings is 1. The van der Waals surface area contributed by atoms with Crippen molar-refractivity contribution in [2.75, 3.05) is 0 Å². The fraction of sp³-hybridized carbons (Fsp3) is 0.308. The normalized spacial score (nSPS) is 10.9. The lowest BCUT2D eigenvalue weighted by Gasteiger charge is -2.11. The fourth-order valence-corrected chi connectivity index (χ4v) is 1.88. The summed E-state index contributed by atoms with van der Waals surface area (Å²) in [5.41, 5.74) is 0.748. The molecule has 5 nitrogen and oxygen atoms in total. The van der Waals surface area contributed by atoms with Crippen molar-refractivity contribution in [1.82, 2.24) is 4.98 Å². The van der Waals surface area contributed by atoms with Gasteiger partial charge < -0.3 is 4.74 Å². The molecule has 0 N–H and O–H groups in total. The summed E-state index contributed by atoms with van der Waals surface area (Å²) < 4.78 is 5.57. The molecule has 0 bridgehead atoms. The molecule has 0 saturated heterocycles. The predicted octanol–water partition coefficient (Wildman–Crippen LogP) is 3.24. The molecule has 2 rings (SSSR count). The highest BCUT2D eigenvalue weighted by atomic mass is 16.6. The highest BCUT2D eigenvalue weighted by Gasteiger charge is 2.18. The number of ether oxygens (including phenoxy) is 1. The lowest BCUT2D eigenvalue weighted by atomic mass is 10.1. The lowest BCUT2D eigenvalue weighted by molar-refractivity contribution is -0.383. The van der Waals surface area contributed by atoms with Gasteiger partial charge in [0.25, 0.3) is 5.69 Å². The van der Waals surface area contributed by atoms with E-state index in [9.17, 15) is 10.1 Å². The third kappa shape index (κ3) is 2.11. The Morgan fingerprint density at radius 2 is 2.00 bits per heavy atom. The summed E-state index contributed by atoms with van der Waals surface area (Å²) >= 11 is 0. The highest BCUT2D eigenvalue weighted by molar-refractivity contribution is 5.95. The summed E-state index contributed by atoms with van der Waals surface area (Å²) in [5, 5.41) is 12.3. The largest absolute Gasteiger partial charge is 0.474 e. The van der Waals surface area contributed by atoms with Crippen LogP contribution in [0.3, 0.4) is 0 Å². The van der Waals surface area contributed by atoms with Gasteiger partial charge in [0.05, 0.1) is 21.8 Å². The van der Waals surface area contributed by atoms with Crippen LogP contribution < -0.4 is 4.74 Å². The molecule has 94 valence electrons. The Balaban J connectivity index is 2.72. The van der Waals surface area contributed by atoms with Crippen LogP contribution in [0.1, 0.15) is 19.4 Å². The summed E-state index contributed by atoms with van der Waals surface area (Å²) in [6.45, 7) is 5.51. The molecular formula is C13H14N2O3. The molecule has 0 aliphatic heterocycles. The molecular weight excluding hydrogens is 232 g/mol. The van der Waals surface area contributed by atoms with E-state index in [1.807, 2.05) is 19.9 Å². The zero-order chi connectivity index (χ0) is 13.3. The Kier molecular flexibility index (Phi) is 3.14. The molecule has 1 aromatic carbocycles. The first kappa shape index (κ1) is 12.3. The number of nitro groups is 1. The molecule has 2 aromatic rings. The van der Waals surface area contributed by atoms with E-state index in [1.165, 1.54) is 6.20 Å². The SMILES string of the molecule is Cc1ccc2c(OC(C)C)nccc2c1[N+](=O)[O-]. The van der Waals surface area contributed by atoms with Crippen LogP contribution in [-0.4, -0.2) is 16.0 Å². The summed E-state index contributed by atoms with van der Waals surface area (Å²) in [6, 6.07) is 5.17. The van der Waals surface area contributed by atoms with E-state index in [2.05, 4.69) is 4.98 Å². The zero-order valence-corrected chi connectivity index (χ0v) is 10.5. The van der Waals surface area contributed by atoms with Crippen molar-refractivity contribution in [1.29, 1.82) is 0 Å². The van der Waals surface area contributed by atoms with Crippen LogP contribution in [0, 0.1) is 17.0 Å². The number of hydrogen-bond acceptors (Lipinski definition) is 4. The Hall–Kier alpha value is -2.17. The maximum Gasteiger partial charge on any atom is 0.280 e. The van der Waals surface area contributed by atoms with Gasteiger partial charge in [-0.3, -0.25) is 10.1 Å². The number of nitrogens with zero attached hydrogens (tertiary/aromatic N) is 2. The third-order valence-corrected chi connectivity index (χ3v) is 2.61. The number of aromatic nitrogens is 1. The van der Waals surface area contributed by atoms with Gasteiger partial charge in [-0.25, -0.2) is 4.98 Å². The first-order valence-corrected chi connectivity index (χ1v) is 5.70. The molecule has 0 unspecified atom stereocenters. The molecule has 5 heteroatoms. The summed E-state index contributed by atoms with van der Waals surface area (Å²) in [6.07, 6.45) is 1.51. The molecule has 0 atom stereocenters. The Morgan fingerprint density at radius 1 is 1.28 bits per heavy atom. The molecule has 1 aromatic heterocycles. The second kappa shape index (κ2) is 4.60. The third-order valence-electron chi connectivity index (χ3n) is 2.61. The molecule has 0 aliphatic rings. The minimum absolute atomic E-state index is 0.0246. The minimum atomic E-state index is -0.364. The number of aryl methyl sites for hydroxylation is 1. The summed E-state index contributed by atoms with van der Waals surface area (Å²) in [4.78, 5) is 14.9. The van der Waals surface area contributed by atoms with E-state index in [4.69, 9.17) is 4.74 Å². The maximum absolute atomic E-state index is 11.1. The standard InChI is InChI=1S/C13H14N2O3/c1-8(2)18-13-11-5-4-9(3)12(15(16)17)10(11)6-7-14-13/h4-8H,1-3H3. The molecule has 0 spiro atoms. The van der Waals surface area contributed by atoms with Crippen molar-refractivity contribution in [2.45, 2.75) is 26.9 Å². The first-order chi connectivity index (χ1) is 8.50. The number of fused-ring (bicyclic) bond motifs is 1. The molecule has 1 heterocycles. The van der Waals surface area contributed by atoms with E-state index < -0.39 is 0 Å². The quantitative estimate of drug-likeness (QED) is 0.616. The van der Waals surface area contributed by atoms with Gasteiger partial charge in [0.1, 0.15) is 0 Å². The van der Waals surface area contributed by atoms with Gasteiger partial charge in [-0.15, -0.1) is 0 Å². The van der Waals surface area contributed by atoms with Crippen LogP contribution in [0.15, 0.2) is 24.4 Å². The lowest BCUT2D eigenvalue weighted by Crippen LogP contribution is -2.07. The number of hydrogen-bond donors (Lipinski definition) is 0. The van der Waals surface area contributed by atoms with E-state index >= 15 is 0 Å². The molecule has 0 fully saturated rings. The topological polar surface area (TPSA) is 65.3 Å². The van der Waals surface area contributed by atoms with Gasteiger partial charge >= 0.3 is 0 Å². The smallest absolute Gasteiger partial charge is 0.280 e. The monoisotopic (exact) mass is 246 g/mol. The first-order valence-electron chi connectivity index (χ1n) is 5.70. The molecule has 0 amide bonds. The van der Waals surface area contributed by atoms with Crippen LogP contribution in [0.25, 0.3) is 10.8 Å². The van der Waals surface area contributed by atoms with Gasteiger partial charge in [0.15, 0.2) is 0 Å². The van der Waals surface area contributed by atoms with Crippen molar-refractivity contribution >= 4 is 16.5 Å². The second-order valence-electron chi connectivity index (χ2n) is 4.37. The van der Waals surface area contributed by atoms with Crippen molar-refractivity contribution in [3.05, 3.63) is 40.1 Å². The minimum Gasteiger partial charge on any atom is -0.474 e. The maximum atomic E-state index is 11.1. The molecule has 18 heavy (non-hydrogen) atoms. The van der Waals surface area contributed by atoms with E-state index in [-0.39, 0.29) is 16.7 Å². The average molecular weight is 246 g/mol. The van der Waals surface area contributed by atoms with Gasteiger partial charge in [-0.2, -0.15) is 0 Å². The number of nitro benzene ring substituents is 1. The van der Waals surface area contributed by atoms with E-state index in [1.54, 1.807) is 19.1 Å². The highest BCUT2D eigenvalue weighted by Crippen LogP contribution is 2.33. The average Bonchev–Trinajstić information content (AvgIpc) is 2.27. The molecule has 0 aliphatic carbocycles. The van der Waals surface area contributed by atoms with Crippen LogP contribution in [0.5, 0.6) is 5.88 Å². The van der Waals surface area contributed by atoms with E-state index in [0.29, 0.717) is 22.2 Å². The molecule has 0 saturated carbocycles. The Labute approximate surface area is 105 Å². The van der Waals surface area contributed by atoms with Crippen molar-refractivity contribution < 1.29 is 9.66 Å². The van der Waals surface area contributed by atoms with E-state index in [0.717, 1.165) is 0 Å². The van der Waals surface area contributed by atoms with Crippen molar-refractivity contribution in [3.8, 4) is 5.88 Å². The Bertz CT molecular complexity index is 608. The summed E-state index contributed by atoms with van der Waals surface area (Å²) in [5.74, 6) is 0.436. The molecule has 0 radical (unpaired) electrons. The van der Waals surface area contributed by atoms with Gasteiger partial charge in [0, 0.05) is 11.8 Å². The van der Waals surface area contributed by atoms with Crippen LogP contribution in [0.2, 0.25) is 0 Å². The Morgan fingerprint density at radius 3 is 2.61 bits per heavy atom. The van der Waals surface area contributed by atoms with Crippen molar-refractivity contribution in [2.24, 2.45) is 0 Å². The van der Waals surface area contributed by atoms with Crippen LogP contribution >= 0.6 is 0 Å². The van der Waals surface area contributed by atoms with Crippen molar-refractivity contribution in [3.63, 3.8) is 0 Å². The predicted molar refractivity (Wildman–Crippen MR) is 68.9 cm³/mol.